The van der Waals surface area contributed by atoms with Crippen molar-refractivity contribution in [1.82, 2.24) is 9.47 Å². The van der Waals surface area contributed by atoms with Crippen molar-refractivity contribution in [3.63, 3.8) is 0 Å². The third kappa shape index (κ3) is 3.43. The first-order valence-corrected chi connectivity index (χ1v) is 9.74. The third-order valence-corrected chi connectivity index (χ3v) is 5.57. The molecule has 1 N–H and O–H groups in total. The monoisotopic (exact) mass is 459 g/mol. The number of thiocarbonyl (C=S) groups is 1. The Bertz CT molecular complexity index is 873. The third-order valence-electron chi connectivity index (χ3n) is 4.51. The standard InChI is InChI=1S/C20H18IN3S/c21-16-8-10-17(11-9-16)22-20(25)24-14-13-23-12-4-7-18(23)19(24)15-5-2-1-3-6-15/h1-12,19H,13-14H2,(H,22,25). The number of aromatic nitrogens is 1. The number of fused-ring (bicyclic) bond motifs is 1. The van der Waals surface area contributed by atoms with Crippen molar-refractivity contribution < 1.29 is 0 Å². The summed E-state index contributed by atoms with van der Waals surface area (Å²) in [7, 11) is 0. The van der Waals surface area contributed by atoms with E-state index in [0.717, 1.165) is 23.9 Å². The minimum Gasteiger partial charge on any atom is -0.348 e. The van der Waals surface area contributed by atoms with Crippen LogP contribution < -0.4 is 5.32 Å². The predicted molar refractivity (Wildman–Crippen MR) is 115 cm³/mol. The number of anilines is 1. The summed E-state index contributed by atoms with van der Waals surface area (Å²) in [6.45, 7) is 1.83. The minimum absolute atomic E-state index is 0.133. The zero-order valence-electron chi connectivity index (χ0n) is 13.6. The molecule has 3 aromatic rings. The maximum atomic E-state index is 5.77. The lowest BCUT2D eigenvalue weighted by Gasteiger charge is -2.39. The Kier molecular flexibility index (Phi) is 4.76. The zero-order valence-corrected chi connectivity index (χ0v) is 16.6. The predicted octanol–water partition coefficient (Wildman–Crippen LogP) is 4.89. The molecule has 0 spiro atoms. The van der Waals surface area contributed by atoms with Crippen LogP contribution in [0.25, 0.3) is 0 Å². The Morgan fingerprint density at radius 2 is 1.72 bits per heavy atom. The van der Waals surface area contributed by atoms with Crippen molar-refractivity contribution >= 4 is 45.6 Å². The molecule has 126 valence electrons. The van der Waals surface area contributed by atoms with Gasteiger partial charge in [-0.2, -0.15) is 0 Å². The van der Waals surface area contributed by atoms with Gasteiger partial charge in [-0.1, -0.05) is 30.3 Å². The molecular weight excluding hydrogens is 441 g/mol. The van der Waals surface area contributed by atoms with Crippen molar-refractivity contribution in [2.45, 2.75) is 12.6 Å². The van der Waals surface area contributed by atoms with Crippen molar-refractivity contribution in [2.75, 3.05) is 11.9 Å². The van der Waals surface area contributed by atoms with Gasteiger partial charge >= 0.3 is 0 Å². The molecule has 3 nitrogen and oxygen atoms in total. The van der Waals surface area contributed by atoms with Crippen molar-refractivity contribution in [3.05, 3.63) is 87.8 Å². The van der Waals surface area contributed by atoms with E-state index in [1.165, 1.54) is 14.8 Å². The van der Waals surface area contributed by atoms with Gasteiger partial charge in [0.15, 0.2) is 5.11 Å². The van der Waals surface area contributed by atoms with Gasteiger partial charge in [0, 0.05) is 34.2 Å². The van der Waals surface area contributed by atoms with Gasteiger partial charge in [0.1, 0.15) is 0 Å². The number of halogens is 1. The fraction of sp³-hybridized carbons (Fsp3) is 0.150. The first kappa shape index (κ1) is 16.6. The maximum absolute atomic E-state index is 5.77. The molecule has 0 fully saturated rings. The molecule has 1 aliphatic rings. The fourth-order valence-electron chi connectivity index (χ4n) is 3.32. The molecule has 25 heavy (non-hydrogen) atoms. The minimum atomic E-state index is 0.133. The van der Waals surface area contributed by atoms with E-state index >= 15 is 0 Å². The molecule has 0 aliphatic carbocycles. The quantitative estimate of drug-likeness (QED) is 0.435. The van der Waals surface area contributed by atoms with Gasteiger partial charge in [-0.05, 0) is 76.8 Å². The van der Waals surface area contributed by atoms with Crippen LogP contribution in [0.4, 0.5) is 5.69 Å². The number of hydrogen-bond acceptors (Lipinski definition) is 1. The molecule has 5 heteroatoms. The molecule has 0 bridgehead atoms. The van der Waals surface area contributed by atoms with Crippen molar-refractivity contribution in [3.8, 4) is 0 Å². The van der Waals surface area contributed by atoms with Gasteiger partial charge in [-0.3, -0.25) is 0 Å². The number of benzene rings is 2. The summed E-state index contributed by atoms with van der Waals surface area (Å²) in [5.41, 5.74) is 3.57. The lowest BCUT2D eigenvalue weighted by Crippen LogP contribution is -2.44. The highest BCUT2D eigenvalue weighted by Gasteiger charge is 2.30. The molecule has 0 radical (unpaired) electrons. The summed E-state index contributed by atoms with van der Waals surface area (Å²) >= 11 is 8.08. The summed E-state index contributed by atoms with van der Waals surface area (Å²) in [4.78, 5) is 2.29. The van der Waals surface area contributed by atoms with Crippen molar-refractivity contribution in [2.24, 2.45) is 0 Å². The molecule has 1 aliphatic heterocycles. The van der Waals surface area contributed by atoms with Gasteiger partial charge < -0.3 is 14.8 Å². The Balaban J connectivity index is 1.65. The first-order chi connectivity index (χ1) is 12.2. The second kappa shape index (κ2) is 7.17. The van der Waals surface area contributed by atoms with Crippen LogP contribution in [-0.4, -0.2) is 21.1 Å². The average molecular weight is 459 g/mol. The van der Waals surface area contributed by atoms with Crippen LogP contribution in [0.3, 0.4) is 0 Å². The Labute approximate surface area is 166 Å². The van der Waals surface area contributed by atoms with Crippen LogP contribution in [0.5, 0.6) is 0 Å². The second-order valence-electron chi connectivity index (χ2n) is 6.07. The number of hydrogen-bond donors (Lipinski definition) is 1. The number of rotatable bonds is 2. The molecular formula is C20H18IN3S. The lowest BCUT2D eigenvalue weighted by atomic mass is 10.0. The maximum Gasteiger partial charge on any atom is 0.174 e. The molecule has 2 aromatic carbocycles. The highest BCUT2D eigenvalue weighted by atomic mass is 127. The second-order valence-corrected chi connectivity index (χ2v) is 7.70. The van der Waals surface area contributed by atoms with Crippen LogP contribution in [0, 0.1) is 3.57 Å². The van der Waals surface area contributed by atoms with E-state index in [-0.39, 0.29) is 6.04 Å². The normalized spacial score (nSPS) is 16.4. The van der Waals surface area contributed by atoms with Crippen molar-refractivity contribution in [1.29, 1.82) is 0 Å². The lowest BCUT2D eigenvalue weighted by molar-refractivity contribution is 0.293. The van der Waals surface area contributed by atoms with E-state index in [2.05, 4.69) is 110 Å². The highest BCUT2D eigenvalue weighted by Crippen LogP contribution is 2.32. The summed E-state index contributed by atoms with van der Waals surface area (Å²) < 4.78 is 3.54. The molecule has 4 rings (SSSR count). The largest absolute Gasteiger partial charge is 0.348 e. The topological polar surface area (TPSA) is 20.2 Å². The number of nitrogens with zero attached hydrogens (tertiary/aromatic N) is 2. The van der Waals surface area contributed by atoms with E-state index in [0.29, 0.717) is 0 Å². The molecule has 0 amide bonds. The van der Waals surface area contributed by atoms with Crippen LogP contribution in [0.1, 0.15) is 17.3 Å². The van der Waals surface area contributed by atoms with Gasteiger partial charge in [0.2, 0.25) is 0 Å². The average Bonchev–Trinajstić information content (AvgIpc) is 3.12. The van der Waals surface area contributed by atoms with Gasteiger partial charge in [-0.25, -0.2) is 0 Å². The molecule has 1 aromatic heterocycles. The van der Waals surface area contributed by atoms with E-state index in [4.69, 9.17) is 12.2 Å². The van der Waals surface area contributed by atoms with Crippen LogP contribution in [0.2, 0.25) is 0 Å². The Hall–Kier alpha value is -1.86. The molecule has 1 unspecified atom stereocenters. The molecule has 1 atom stereocenters. The van der Waals surface area contributed by atoms with E-state index < -0.39 is 0 Å². The smallest absolute Gasteiger partial charge is 0.174 e. The SMILES string of the molecule is S=C(Nc1ccc(I)cc1)N1CCn2cccc2C1c1ccccc1. The summed E-state index contributed by atoms with van der Waals surface area (Å²) in [6, 6.07) is 23.3. The van der Waals surface area contributed by atoms with Gasteiger partial charge in [0.25, 0.3) is 0 Å². The van der Waals surface area contributed by atoms with E-state index in [9.17, 15) is 0 Å². The molecule has 0 saturated heterocycles. The summed E-state index contributed by atoms with van der Waals surface area (Å²) in [5, 5.41) is 4.17. The molecule has 0 saturated carbocycles. The highest BCUT2D eigenvalue weighted by molar-refractivity contribution is 14.1. The Morgan fingerprint density at radius 1 is 0.960 bits per heavy atom. The Morgan fingerprint density at radius 3 is 2.48 bits per heavy atom. The molecule has 2 heterocycles. The zero-order chi connectivity index (χ0) is 17.2. The summed E-state index contributed by atoms with van der Waals surface area (Å²) in [5.74, 6) is 0. The van der Waals surface area contributed by atoms with Gasteiger partial charge in [-0.15, -0.1) is 0 Å². The fourth-order valence-corrected chi connectivity index (χ4v) is 3.99. The van der Waals surface area contributed by atoms with E-state index in [1.54, 1.807) is 0 Å². The van der Waals surface area contributed by atoms with Crippen LogP contribution >= 0.6 is 34.8 Å². The summed E-state index contributed by atoms with van der Waals surface area (Å²) in [6.07, 6.45) is 2.15. The van der Waals surface area contributed by atoms with Crippen LogP contribution in [-0.2, 0) is 6.54 Å². The van der Waals surface area contributed by atoms with Gasteiger partial charge in [0.05, 0.1) is 6.04 Å². The van der Waals surface area contributed by atoms with Crippen LogP contribution in [0.15, 0.2) is 72.9 Å². The first-order valence-electron chi connectivity index (χ1n) is 8.25. The van der Waals surface area contributed by atoms with E-state index in [1.807, 2.05) is 0 Å². The number of nitrogens with one attached hydrogen (secondary N) is 1.